The fourth-order valence-corrected chi connectivity index (χ4v) is 3.23. The van der Waals surface area contributed by atoms with Crippen molar-refractivity contribution in [3.63, 3.8) is 0 Å². The summed E-state index contributed by atoms with van der Waals surface area (Å²) in [6.07, 6.45) is 3.76. The van der Waals surface area contributed by atoms with E-state index in [-0.39, 0.29) is 5.91 Å². The SMILES string of the molecule is CSc1ccc(Cl)c(C(=O)NCc2ccc(N3CCOCC3)nc2)c1. The Morgan fingerprint density at radius 3 is 2.80 bits per heavy atom. The Hall–Kier alpha value is -1.76. The summed E-state index contributed by atoms with van der Waals surface area (Å²) >= 11 is 7.71. The van der Waals surface area contributed by atoms with Gasteiger partial charge in [0.05, 0.1) is 23.8 Å². The van der Waals surface area contributed by atoms with Gasteiger partial charge in [-0.25, -0.2) is 4.98 Å². The lowest BCUT2D eigenvalue weighted by molar-refractivity contribution is 0.0951. The molecule has 0 radical (unpaired) electrons. The van der Waals surface area contributed by atoms with E-state index in [1.165, 1.54) is 0 Å². The van der Waals surface area contributed by atoms with Crippen molar-refractivity contribution in [1.29, 1.82) is 0 Å². The van der Waals surface area contributed by atoms with Crippen molar-refractivity contribution in [2.24, 2.45) is 0 Å². The van der Waals surface area contributed by atoms with Gasteiger partial charge < -0.3 is 15.0 Å². The van der Waals surface area contributed by atoms with Gasteiger partial charge in [-0.15, -0.1) is 11.8 Å². The molecule has 1 aliphatic rings. The number of hydrogen-bond acceptors (Lipinski definition) is 5. The van der Waals surface area contributed by atoms with E-state index in [9.17, 15) is 4.79 Å². The standard InChI is InChI=1S/C18H20ClN3O2S/c1-25-14-3-4-16(19)15(10-14)18(23)21-12-13-2-5-17(20-11-13)22-6-8-24-9-7-22/h2-5,10-11H,6-9,12H2,1H3,(H,21,23). The summed E-state index contributed by atoms with van der Waals surface area (Å²) < 4.78 is 5.35. The minimum absolute atomic E-state index is 0.182. The van der Waals surface area contributed by atoms with Crippen LogP contribution in [0.25, 0.3) is 0 Å². The number of carbonyl (C=O) groups excluding carboxylic acids is 1. The van der Waals surface area contributed by atoms with E-state index >= 15 is 0 Å². The first-order chi connectivity index (χ1) is 12.2. The van der Waals surface area contributed by atoms with E-state index < -0.39 is 0 Å². The predicted molar refractivity (Wildman–Crippen MR) is 102 cm³/mol. The Balaban J connectivity index is 1.60. The fourth-order valence-electron chi connectivity index (χ4n) is 2.58. The maximum atomic E-state index is 12.4. The third-order valence-electron chi connectivity index (χ3n) is 4.02. The molecule has 1 N–H and O–H groups in total. The molecule has 0 atom stereocenters. The molecule has 0 saturated carbocycles. The molecule has 0 aliphatic carbocycles. The average molecular weight is 378 g/mol. The summed E-state index contributed by atoms with van der Waals surface area (Å²) in [4.78, 5) is 20.1. The smallest absolute Gasteiger partial charge is 0.253 e. The van der Waals surface area contributed by atoms with Crippen molar-refractivity contribution in [3.05, 3.63) is 52.7 Å². The second-order valence-corrected chi connectivity index (χ2v) is 6.94. The van der Waals surface area contributed by atoms with Crippen molar-refractivity contribution < 1.29 is 9.53 Å². The number of halogens is 1. The minimum Gasteiger partial charge on any atom is -0.378 e. The number of benzene rings is 1. The van der Waals surface area contributed by atoms with Crippen molar-refractivity contribution in [2.45, 2.75) is 11.4 Å². The van der Waals surface area contributed by atoms with Crippen LogP contribution in [-0.2, 0) is 11.3 Å². The number of nitrogens with one attached hydrogen (secondary N) is 1. The normalized spacial score (nSPS) is 14.4. The van der Waals surface area contributed by atoms with Crippen molar-refractivity contribution in [3.8, 4) is 0 Å². The molecule has 7 heteroatoms. The zero-order valence-electron chi connectivity index (χ0n) is 14.0. The Bertz CT molecular complexity index is 734. The van der Waals surface area contributed by atoms with E-state index in [2.05, 4.69) is 15.2 Å². The first kappa shape index (κ1) is 18.0. The number of nitrogens with zero attached hydrogens (tertiary/aromatic N) is 2. The largest absolute Gasteiger partial charge is 0.378 e. The van der Waals surface area contributed by atoms with Crippen LogP contribution in [0.2, 0.25) is 5.02 Å². The molecule has 5 nitrogen and oxygen atoms in total. The van der Waals surface area contributed by atoms with Crippen LogP contribution in [-0.4, -0.2) is 43.5 Å². The van der Waals surface area contributed by atoms with Gasteiger partial charge in [0.15, 0.2) is 0 Å². The van der Waals surface area contributed by atoms with Gasteiger partial charge in [0.2, 0.25) is 0 Å². The van der Waals surface area contributed by atoms with E-state index in [1.54, 1.807) is 24.0 Å². The van der Waals surface area contributed by atoms with Crippen LogP contribution >= 0.6 is 23.4 Å². The van der Waals surface area contributed by atoms with Crippen LogP contribution in [0.5, 0.6) is 0 Å². The van der Waals surface area contributed by atoms with Gasteiger partial charge in [-0.1, -0.05) is 17.7 Å². The molecular weight excluding hydrogens is 358 g/mol. The molecule has 3 rings (SSSR count). The molecule has 0 unspecified atom stereocenters. The molecular formula is C18H20ClN3O2S. The highest BCUT2D eigenvalue weighted by Gasteiger charge is 2.13. The fraction of sp³-hybridized carbons (Fsp3) is 0.333. The van der Waals surface area contributed by atoms with Gasteiger partial charge >= 0.3 is 0 Å². The third-order valence-corrected chi connectivity index (χ3v) is 5.07. The Morgan fingerprint density at radius 2 is 2.12 bits per heavy atom. The van der Waals surface area contributed by atoms with Crippen LogP contribution < -0.4 is 10.2 Å². The summed E-state index contributed by atoms with van der Waals surface area (Å²) in [5.41, 5.74) is 1.44. The van der Waals surface area contributed by atoms with Crippen LogP contribution in [0.15, 0.2) is 41.4 Å². The van der Waals surface area contributed by atoms with Crippen LogP contribution in [0.3, 0.4) is 0 Å². The maximum absolute atomic E-state index is 12.4. The molecule has 0 bridgehead atoms. The number of hydrogen-bond donors (Lipinski definition) is 1. The zero-order valence-corrected chi connectivity index (χ0v) is 15.6. The number of carbonyl (C=O) groups is 1. The number of thioether (sulfide) groups is 1. The van der Waals surface area contributed by atoms with Crippen molar-refractivity contribution in [2.75, 3.05) is 37.5 Å². The van der Waals surface area contributed by atoms with Gasteiger partial charge in [0, 0.05) is 30.7 Å². The topological polar surface area (TPSA) is 54.5 Å². The van der Waals surface area contributed by atoms with Gasteiger partial charge in [-0.05, 0) is 36.1 Å². The second kappa shape index (κ2) is 8.56. The second-order valence-electron chi connectivity index (χ2n) is 5.65. The third kappa shape index (κ3) is 4.66. The minimum atomic E-state index is -0.182. The summed E-state index contributed by atoms with van der Waals surface area (Å²) in [5.74, 6) is 0.757. The number of pyridine rings is 1. The average Bonchev–Trinajstić information content (AvgIpc) is 2.67. The Labute approximate surface area is 156 Å². The lowest BCUT2D eigenvalue weighted by Gasteiger charge is -2.27. The van der Waals surface area contributed by atoms with Gasteiger partial charge in [0.25, 0.3) is 5.91 Å². The lowest BCUT2D eigenvalue weighted by atomic mass is 10.2. The van der Waals surface area contributed by atoms with E-state index in [0.29, 0.717) is 17.1 Å². The number of amides is 1. The first-order valence-corrected chi connectivity index (χ1v) is 9.67. The summed E-state index contributed by atoms with van der Waals surface area (Å²) in [5, 5.41) is 3.35. The number of rotatable bonds is 5. The van der Waals surface area contributed by atoms with Crippen LogP contribution in [0.1, 0.15) is 15.9 Å². The molecule has 0 spiro atoms. The molecule has 1 saturated heterocycles. The van der Waals surface area contributed by atoms with Crippen molar-refractivity contribution >= 4 is 35.1 Å². The predicted octanol–water partition coefficient (Wildman–Crippen LogP) is 3.22. The summed E-state index contributed by atoms with van der Waals surface area (Å²) in [7, 11) is 0. The number of anilines is 1. The quantitative estimate of drug-likeness (QED) is 0.811. The maximum Gasteiger partial charge on any atom is 0.253 e. The highest BCUT2D eigenvalue weighted by atomic mass is 35.5. The van der Waals surface area contributed by atoms with E-state index in [0.717, 1.165) is 42.6 Å². The molecule has 2 heterocycles. The molecule has 132 valence electrons. The number of morpholine rings is 1. The summed E-state index contributed by atoms with van der Waals surface area (Å²) in [6.45, 7) is 3.58. The first-order valence-electron chi connectivity index (χ1n) is 8.07. The van der Waals surface area contributed by atoms with Crippen LogP contribution in [0, 0.1) is 0 Å². The molecule has 1 aromatic carbocycles. The van der Waals surface area contributed by atoms with Gasteiger partial charge in [0.1, 0.15) is 5.82 Å². The van der Waals surface area contributed by atoms with Gasteiger partial charge in [-0.3, -0.25) is 4.79 Å². The van der Waals surface area contributed by atoms with E-state index in [1.807, 2.05) is 30.5 Å². The van der Waals surface area contributed by atoms with Crippen molar-refractivity contribution in [1.82, 2.24) is 10.3 Å². The highest BCUT2D eigenvalue weighted by molar-refractivity contribution is 7.98. The summed E-state index contributed by atoms with van der Waals surface area (Å²) in [6, 6.07) is 9.42. The number of ether oxygens (including phenoxy) is 1. The molecule has 1 aromatic heterocycles. The molecule has 2 aromatic rings. The Morgan fingerprint density at radius 1 is 1.32 bits per heavy atom. The monoisotopic (exact) mass is 377 g/mol. The molecule has 1 fully saturated rings. The van der Waals surface area contributed by atoms with E-state index in [4.69, 9.17) is 16.3 Å². The zero-order chi connectivity index (χ0) is 17.6. The number of aromatic nitrogens is 1. The Kier molecular flexibility index (Phi) is 6.18. The lowest BCUT2D eigenvalue weighted by Crippen LogP contribution is -2.36. The molecule has 25 heavy (non-hydrogen) atoms. The highest BCUT2D eigenvalue weighted by Crippen LogP contribution is 2.23. The van der Waals surface area contributed by atoms with Crippen LogP contribution in [0.4, 0.5) is 5.82 Å². The molecule has 1 aliphatic heterocycles. The van der Waals surface area contributed by atoms with Gasteiger partial charge in [-0.2, -0.15) is 0 Å². The molecule has 1 amide bonds.